The number of rotatable bonds is 2. The Morgan fingerprint density at radius 2 is 1.20 bits per heavy atom. The monoisotopic (exact) mass is 1120 g/mol. The first-order valence-corrected chi connectivity index (χ1v) is 17.0. The van der Waals surface area contributed by atoms with Crippen LogP contribution >= 0.6 is 126 Å². The zero-order chi connectivity index (χ0) is 35.8. The molecule has 19 heteroatoms. The first kappa shape index (κ1) is 52.1. The topological polar surface area (TPSA) is 172 Å². The third kappa shape index (κ3) is 30.6. The Morgan fingerprint density at radius 1 is 0.870 bits per heavy atom. The van der Waals surface area contributed by atoms with Crippen LogP contribution in [0.15, 0.2) is 68.0 Å². The molecule has 1 radical (unpaired) electrons. The van der Waals surface area contributed by atoms with Gasteiger partial charge in [0.15, 0.2) is 0 Å². The van der Waals surface area contributed by atoms with E-state index < -0.39 is 8.34 Å². The van der Waals surface area contributed by atoms with Crippen LogP contribution in [-0.2, 0) is 22.4 Å². The molecule has 0 spiro atoms. The van der Waals surface area contributed by atoms with Crippen molar-refractivity contribution in [2.75, 3.05) is 6.61 Å². The molecule has 0 aliphatic rings. The molecule has 3 aromatic rings. The van der Waals surface area contributed by atoms with Crippen LogP contribution in [0.1, 0.15) is 48.8 Å². The number of nitriles is 3. The molecule has 0 aliphatic heterocycles. The maximum absolute atomic E-state index is 10.3. The van der Waals surface area contributed by atoms with Crippen molar-refractivity contribution in [2.24, 2.45) is 0 Å². The van der Waals surface area contributed by atoms with Crippen LogP contribution < -0.4 is 0 Å². The van der Waals surface area contributed by atoms with Crippen LogP contribution in [0, 0.1) is 51.0 Å². The fraction of sp³-hybridized carbons (Fsp3) is 0.185. The quantitative estimate of drug-likeness (QED) is 0.0839. The minimum absolute atomic E-state index is 0. The molecule has 0 heterocycles. The number of carbonyl (C=O) groups excluding carboxylic acids is 1. The maximum atomic E-state index is 10.3. The summed E-state index contributed by atoms with van der Waals surface area (Å²) in [5.41, 5.74) is 4.68. The molecule has 0 saturated carbocycles. The van der Waals surface area contributed by atoms with Gasteiger partial charge in [-0.25, -0.2) is 0 Å². The van der Waals surface area contributed by atoms with E-state index in [2.05, 4.69) is 91.8 Å². The van der Waals surface area contributed by atoms with Crippen LogP contribution in [0.2, 0.25) is 0 Å². The summed E-state index contributed by atoms with van der Waals surface area (Å²) < 4.78 is 0.875. The second-order valence-corrected chi connectivity index (χ2v) is 16.3. The predicted molar refractivity (Wildman–Crippen MR) is 195 cm³/mol. The number of halogens is 9. The fourth-order valence-electron chi connectivity index (χ4n) is 2.16. The Morgan fingerprint density at radius 3 is 1.48 bits per heavy atom. The number of aliphatic hydroxyl groups excluding tert-OH is 1. The van der Waals surface area contributed by atoms with Crippen molar-refractivity contribution in [3.8, 4) is 18.2 Å². The molecule has 0 fully saturated rings. The van der Waals surface area contributed by atoms with Gasteiger partial charge in [-0.2, -0.15) is 15.8 Å². The average Bonchev–Trinajstić information content (AvgIpc) is 2.93. The summed E-state index contributed by atoms with van der Waals surface area (Å²) in [7, 11) is 0. The smallest absolute Gasteiger partial charge is 0.291 e. The van der Waals surface area contributed by atoms with Crippen LogP contribution in [0.5, 0.6) is 0 Å². The van der Waals surface area contributed by atoms with Crippen molar-refractivity contribution in [3.05, 3.63) is 112 Å². The largest absolute Gasteiger partial charge is 0.397 e. The van der Waals surface area contributed by atoms with E-state index in [0.29, 0.717) is 26.7 Å². The Balaban J connectivity index is -0.000000244. The van der Waals surface area contributed by atoms with Crippen LogP contribution in [-0.4, -0.2) is 31.5 Å². The Bertz CT molecular complexity index is 1490. The van der Waals surface area contributed by atoms with Gasteiger partial charge in [0.2, 0.25) is 0 Å². The molecule has 0 bridgehead atoms. The summed E-state index contributed by atoms with van der Waals surface area (Å²) >= 11 is 35.8. The Kier molecular flexibility index (Phi) is 34.3. The number of hydrogen-bond donors (Lipinski definition) is 2. The first-order valence-electron chi connectivity index (χ1n) is 11.3. The number of carbonyl (C=O) groups is 1. The number of aliphatic hydroxyl groups is 1. The summed E-state index contributed by atoms with van der Waals surface area (Å²) in [4.78, 5) is 18.6. The molecule has 2 N–H and O–H groups in total. The van der Waals surface area contributed by atoms with E-state index in [9.17, 15) is 4.79 Å². The Hall–Kier alpha value is -0.740. The summed E-state index contributed by atoms with van der Waals surface area (Å²) in [5, 5.41) is 46.9. The molecule has 0 amide bonds. The molecule has 0 unspecified atom stereocenters. The van der Waals surface area contributed by atoms with E-state index in [1.165, 1.54) is 0 Å². The number of nitrogens with zero attached hydrogens (tertiary/aromatic N) is 4. The van der Waals surface area contributed by atoms with Crippen molar-refractivity contribution >= 4 is 132 Å². The minimum atomic E-state index is -1.61. The standard InChI is InChI=1S/C8H4Br3N.C8H4BrNO.C8H6BrN.C2H6O.CCl4.Ag.HNO3/c9-7-3-5(8(10)11)1-2-6(7)4-12;9-8-3-6(5-11)1-2-7(8)4-10;1-6-2-3-7(5-10)8(9)4-6;1-2-3;2-1(3,4)5;;2-1(3)4/h1-3,8H;1-3,5H;2-4H,1H3;3H,2H2,1H3;;;(H,2,3,4). The number of alkyl halides is 6. The molecule has 0 saturated heterocycles. The van der Waals surface area contributed by atoms with Gasteiger partial charge in [-0.05, 0) is 109 Å². The van der Waals surface area contributed by atoms with Gasteiger partial charge in [0.1, 0.15) is 24.5 Å². The third-order valence-corrected chi connectivity index (χ3v) is 6.89. The number of benzene rings is 3. The van der Waals surface area contributed by atoms with Gasteiger partial charge in [0, 0.05) is 48.0 Å². The minimum Gasteiger partial charge on any atom is -0.397 e. The first-order chi connectivity index (χ1) is 20.8. The average molecular weight is 1130 g/mol. The second kappa shape index (κ2) is 30.3. The van der Waals surface area contributed by atoms with E-state index in [4.69, 9.17) is 82.6 Å². The zero-order valence-electron chi connectivity index (χ0n) is 23.2. The molecule has 9 nitrogen and oxygen atoms in total. The maximum Gasteiger partial charge on any atom is 0.291 e. The van der Waals surface area contributed by atoms with Crippen LogP contribution in [0.25, 0.3) is 0 Å². The summed E-state index contributed by atoms with van der Waals surface area (Å²) in [6, 6.07) is 22.2. The fourth-order valence-corrected chi connectivity index (χ4v) is 4.29. The van der Waals surface area contributed by atoms with Gasteiger partial charge in [-0.15, -0.1) is 10.1 Å². The molecule has 3 aromatic carbocycles. The molecule has 0 aliphatic carbocycles. The SMILES string of the molecule is CCO.Cc1ccc(C#N)c(Br)c1.ClC(Cl)(Cl)Cl.N#Cc1ccc(C(Br)Br)cc1Br.N#Cc1ccc(C=O)cc1Br.O=[N+]([O-])O.[Ag]. The van der Waals surface area contributed by atoms with Crippen molar-refractivity contribution < 1.29 is 42.6 Å². The van der Waals surface area contributed by atoms with E-state index in [0.717, 1.165) is 26.4 Å². The molecule has 3 rings (SSSR count). The van der Waals surface area contributed by atoms with E-state index >= 15 is 0 Å². The van der Waals surface area contributed by atoms with Crippen molar-refractivity contribution in [1.29, 1.82) is 15.8 Å². The van der Waals surface area contributed by atoms with Crippen LogP contribution in [0.3, 0.4) is 0 Å². The van der Waals surface area contributed by atoms with E-state index in [-0.39, 0.29) is 32.7 Å². The molecular weight excluding hydrogens is 1110 g/mol. The normalized spacial score (nSPS) is 8.83. The number of hydrogen-bond acceptors (Lipinski definition) is 7. The van der Waals surface area contributed by atoms with E-state index in [1.54, 1.807) is 37.3 Å². The van der Waals surface area contributed by atoms with Crippen molar-refractivity contribution in [2.45, 2.75) is 20.8 Å². The summed E-state index contributed by atoms with van der Waals surface area (Å²) in [6.45, 7) is 3.92. The van der Waals surface area contributed by atoms with Crippen LogP contribution in [0.4, 0.5) is 0 Å². The third-order valence-electron chi connectivity index (χ3n) is 3.86. The van der Waals surface area contributed by atoms with Gasteiger partial charge in [0.25, 0.3) is 8.34 Å². The van der Waals surface area contributed by atoms with Gasteiger partial charge in [-0.3, -0.25) is 4.79 Å². The number of aldehydes is 1. The molecule has 0 aromatic heterocycles. The Labute approximate surface area is 344 Å². The van der Waals surface area contributed by atoms with Gasteiger partial charge < -0.3 is 10.3 Å². The predicted octanol–water partition coefficient (Wildman–Crippen LogP) is 11.1. The number of aryl methyl sites for hydroxylation is 1. The molecule has 0 atom stereocenters. The van der Waals surface area contributed by atoms with Gasteiger partial charge in [0.05, 0.1) is 20.4 Å². The molecule has 253 valence electrons. The van der Waals surface area contributed by atoms with Crippen molar-refractivity contribution in [1.82, 2.24) is 0 Å². The van der Waals surface area contributed by atoms with Gasteiger partial charge in [-0.1, -0.05) is 96.5 Å². The van der Waals surface area contributed by atoms with E-state index in [1.807, 2.05) is 37.3 Å². The zero-order valence-corrected chi connectivity index (χ0v) is 35.6. The van der Waals surface area contributed by atoms with Gasteiger partial charge >= 0.3 is 0 Å². The molecular formula is C27H21AgBr5Cl4N4O5. The summed E-state index contributed by atoms with van der Waals surface area (Å²) in [5.74, 6) is 0. The molecule has 46 heavy (non-hydrogen) atoms. The van der Waals surface area contributed by atoms with Crippen molar-refractivity contribution in [3.63, 3.8) is 0 Å². The second-order valence-electron chi connectivity index (χ2n) is 7.20. The summed E-state index contributed by atoms with van der Waals surface area (Å²) in [6.07, 6.45) is 0.742.